The predicted octanol–water partition coefficient (Wildman–Crippen LogP) is 2.77. The van der Waals surface area contributed by atoms with Gasteiger partial charge in [0, 0.05) is 37.9 Å². The second-order valence-corrected chi connectivity index (χ2v) is 5.66. The molecule has 0 amide bonds. The Morgan fingerprint density at radius 1 is 1.33 bits per heavy atom. The largest absolute Gasteiger partial charge is 0.503 e. The van der Waals surface area contributed by atoms with E-state index in [1.807, 2.05) is 16.7 Å². The predicted molar refractivity (Wildman–Crippen MR) is 87.5 cm³/mol. The van der Waals surface area contributed by atoms with E-state index in [2.05, 4.69) is 31.9 Å². The van der Waals surface area contributed by atoms with Crippen LogP contribution in [0.4, 0.5) is 0 Å². The van der Waals surface area contributed by atoms with Gasteiger partial charge < -0.3 is 9.67 Å². The average Bonchev–Trinajstić information content (AvgIpc) is 2.41. The number of pyridine rings is 1. The fourth-order valence-electron chi connectivity index (χ4n) is 2.14. The third-order valence-electron chi connectivity index (χ3n) is 3.30. The molecule has 0 spiro atoms. The first-order valence-corrected chi connectivity index (χ1v) is 7.34. The van der Waals surface area contributed by atoms with E-state index in [1.54, 1.807) is 6.20 Å². The molecule has 1 rings (SSSR count). The van der Waals surface area contributed by atoms with Crippen LogP contribution in [-0.4, -0.2) is 27.7 Å². The molecule has 0 unspecified atom stereocenters. The van der Waals surface area contributed by atoms with Gasteiger partial charge in [-0.25, -0.2) is 0 Å². The highest BCUT2D eigenvalue weighted by Gasteiger charge is 2.10. The lowest BCUT2D eigenvalue weighted by Crippen LogP contribution is -2.26. The van der Waals surface area contributed by atoms with E-state index in [9.17, 15) is 9.90 Å². The van der Waals surface area contributed by atoms with Crippen LogP contribution in [0.1, 0.15) is 26.0 Å². The summed E-state index contributed by atoms with van der Waals surface area (Å²) in [4.78, 5) is 13.8. The van der Waals surface area contributed by atoms with E-state index in [0.717, 1.165) is 31.7 Å². The fourth-order valence-corrected chi connectivity index (χ4v) is 2.14. The van der Waals surface area contributed by atoms with Crippen LogP contribution in [0.15, 0.2) is 42.4 Å². The van der Waals surface area contributed by atoms with Gasteiger partial charge in [0.15, 0.2) is 5.75 Å². The molecular formula is C17H26N2O2. The molecule has 0 aliphatic rings. The van der Waals surface area contributed by atoms with Crippen molar-refractivity contribution in [2.75, 3.05) is 13.1 Å². The van der Waals surface area contributed by atoms with Crippen LogP contribution in [0.3, 0.4) is 0 Å². The molecule has 0 saturated heterocycles. The van der Waals surface area contributed by atoms with E-state index in [1.165, 1.54) is 6.07 Å². The Morgan fingerprint density at radius 2 is 1.95 bits per heavy atom. The highest BCUT2D eigenvalue weighted by Crippen LogP contribution is 2.11. The van der Waals surface area contributed by atoms with Crippen molar-refractivity contribution >= 4 is 0 Å². The number of hydrogen-bond donors (Lipinski definition) is 1. The zero-order valence-corrected chi connectivity index (χ0v) is 13.1. The Kier molecular flexibility index (Phi) is 6.96. The van der Waals surface area contributed by atoms with Gasteiger partial charge in [0.05, 0.1) is 6.20 Å². The number of rotatable bonds is 9. The van der Waals surface area contributed by atoms with Crippen molar-refractivity contribution in [3.8, 4) is 5.75 Å². The second-order valence-electron chi connectivity index (χ2n) is 5.66. The molecule has 4 nitrogen and oxygen atoms in total. The Balaban J connectivity index is 3.01. The molecule has 0 aliphatic carbocycles. The van der Waals surface area contributed by atoms with Gasteiger partial charge in [0.2, 0.25) is 5.43 Å². The molecule has 0 atom stereocenters. The molecule has 0 bridgehead atoms. The monoisotopic (exact) mass is 290 g/mol. The average molecular weight is 290 g/mol. The summed E-state index contributed by atoms with van der Waals surface area (Å²) in [7, 11) is 0. The highest BCUT2D eigenvalue weighted by atomic mass is 16.3. The van der Waals surface area contributed by atoms with Gasteiger partial charge in [-0.1, -0.05) is 26.0 Å². The van der Waals surface area contributed by atoms with Gasteiger partial charge in [-0.05, 0) is 12.3 Å². The molecule has 4 heteroatoms. The van der Waals surface area contributed by atoms with Crippen LogP contribution in [0, 0.1) is 5.92 Å². The standard InChI is InChI=1S/C17H26N2O2/c1-5-8-18(9-6-2)12-15-11-16(20)17(21)13-19(15)10-7-14(3)4/h5-6,11,13-14,21H,1-2,7-10,12H2,3-4H3. The van der Waals surface area contributed by atoms with Crippen molar-refractivity contribution in [1.82, 2.24) is 9.47 Å². The lowest BCUT2D eigenvalue weighted by Gasteiger charge is -2.22. The first-order chi connectivity index (χ1) is 9.97. The van der Waals surface area contributed by atoms with Crippen LogP contribution in [0.2, 0.25) is 0 Å². The number of aryl methyl sites for hydroxylation is 1. The molecular weight excluding hydrogens is 264 g/mol. The van der Waals surface area contributed by atoms with Crippen LogP contribution >= 0.6 is 0 Å². The maximum Gasteiger partial charge on any atom is 0.223 e. The zero-order chi connectivity index (χ0) is 15.8. The minimum absolute atomic E-state index is 0.193. The molecule has 116 valence electrons. The normalized spacial score (nSPS) is 11.0. The van der Waals surface area contributed by atoms with E-state index >= 15 is 0 Å². The Morgan fingerprint density at radius 3 is 2.48 bits per heavy atom. The summed E-state index contributed by atoms with van der Waals surface area (Å²) in [6, 6.07) is 1.52. The molecule has 1 N–H and O–H groups in total. The fraction of sp³-hybridized carbons (Fsp3) is 0.471. The molecule has 0 aromatic carbocycles. The molecule has 0 aliphatic heterocycles. The summed E-state index contributed by atoms with van der Waals surface area (Å²) in [6.45, 7) is 14.7. The van der Waals surface area contributed by atoms with Crippen LogP contribution in [0.25, 0.3) is 0 Å². The Bertz CT molecular complexity index is 522. The van der Waals surface area contributed by atoms with Crippen molar-refractivity contribution in [3.63, 3.8) is 0 Å². The minimum atomic E-state index is -0.331. The van der Waals surface area contributed by atoms with E-state index < -0.39 is 0 Å². The zero-order valence-electron chi connectivity index (χ0n) is 13.1. The number of aromatic nitrogens is 1. The summed E-state index contributed by atoms with van der Waals surface area (Å²) < 4.78 is 1.97. The summed E-state index contributed by atoms with van der Waals surface area (Å²) >= 11 is 0. The maximum atomic E-state index is 11.7. The molecule has 1 aromatic heterocycles. The first kappa shape index (κ1) is 17.2. The van der Waals surface area contributed by atoms with Crippen LogP contribution < -0.4 is 5.43 Å². The SMILES string of the molecule is C=CCN(CC=C)Cc1cc(=O)c(O)cn1CCC(C)C. The van der Waals surface area contributed by atoms with Crippen LogP contribution in [-0.2, 0) is 13.1 Å². The maximum absolute atomic E-state index is 11.7. The topological polar surface area (TPSA) is 45.5 Å². The number of hydrogen-bond acceptors (Lipinski definition) is 3. The van der Waals surface area contributed by atoms with Gasteiger partial charge in [-0.15, -0.1) is 13.2 Å². The van der Waals surface area contributed by atoms with Gasteiger partial charge in [-0.2, -0.15) is 0 Å². The van der Waals surface area contributed by atoms with Crippen LogP contribution in [0.5, 0.6) is 5.75 Å². The number of aromatic hydroxyl groups is 1. The van der Waals surface area contributed by atoms with Crippen molar-refractivity contribution in [2.45, 2.75) is 33.4 Å². The van der Waals surface area contributed by atoms with E-state index in [4.69, 9.17) is 0 Å². The molecule has 1 heterocycles. The quantitative estimate of drug-likeness (QED) is 0.711. The Hall–Kier alpha value is -1.81. The Labute approximate surface area is 127 Å². The summed E-state index contributed by atoms with van der Waals surface area (Å²) in [6.07, 6.45) is 6.21. The third kappa shape index (κ3) is 5.60. The smallest absolute Gasteiger partial charge is 0.223 e. The highest BCUT2D eigenvalue weighted by molar-refractivity contribution is 5.20. The minimum Gasteiger partial charge on any atom is -0.503 e. The van der Waals surface area contributed by atoms with Gasteiger partial charge in [-0.3, -0.25) is 9.69 Å². The summed E-state index contributed by atoms with van der Waals surface area (Å²) in [5.41, 5.74) is 0.574. The molecule has 1 aromatic rings. The number of nitrogens with zero attached hydrogens (tertiary/aromatic N) is 2. The lowest BCUT2D eigenvalue weighted by atomic mass is 10.1. The van der Waals surface area contributed by atoms with Crippen molar-refractivity contribution < 1.29 is 5.11 Å². The van der Waals surface area contributed by atoms with Gasteiger partial charge in [0.25, 0.3) is 0 Å². The first-order valence-electron chi connectivity index (χ1n) is 7.34. The molecule has 0 fully saturated rings. The van der Waals surface area contributed by atoms with Crippen molar-refractivity contribution in [3.05, 3.63) is 53.5 Å². The van der Waals surface area contributed by atoms with Gasteiger partial charge in [0.1, 0.15) is 0 Å². The van der Waals surface area contributed by atoms with Crippen molar-refractivity contribution in [1.29, 1.82) is 0 Å². The van der Waals surface area contributed by atoms with Gasteiger partial charge >= 0.3 is 0 Å². The third-order valence-corrected chi connectivity index (χ3v) is 3.30. The summed E-state index contributed by atoms with van der Waals surface area (Å²) in [5, 5.41) is 9.65. The second kappa shape index (κ2) is 8.47. The molecule has 21 heavy (non-hydrogen) atoms. The molecule has 0 radical (unpaired) electrons. The lowest BCUT2D eigenvalue weighted by molar-refractivity contribution is 0.313. The van der Waals surface area contributed by atoms with E-state index in [0.29, 0.717) is 12.5 Å². The molecule has 0 saturated carbocycles. The van der Waals surface area contributed by atoms with Crippen molar-refractivity contribution in [2.24, 2.45) is 5.92 Å². The van der Waals surface area contributed by atoms with E-state index in [-0.39, 0.29) is 11.2 Å². The summed E-state index contributed by atoms with van der Waals surface area (Å²) in [5.74, 6) is 0.373.